The lowest BCUT2D eigenvalue weighted by molar-refractivity contribution is 0.262. The van der Waals surface area contributed by atoms with E-state index in [1.807, 2.05) is 42.5 Å². The number of hydrogen-bond donors (Lipinski definition) is 2. The summed E-state index contributed by atoms with van der Waals surface area (Å²) in [7, 11) is 0. The molecule has 0 aliphatic rings. The molecule has 0 aliphatic heterocycles. The Morgan fingerprint density at radius 2 is 1.72 bits per heavy atom. The Bertz CT molecular complexity index is 1180. The molecule has 0 unspecified atom stereocenters. The third kappa shape index (κ3) is 4.18. The van der Waals surface area contributed by atoms with E-state index in [9.17, 15) is 9.18 Å². The molecule has 0 saturated carbocycles. The lowest BCUT2D eigenvalue weighted by atomic mass is 10.1. The molecule has 5 nitrogen and oxygen atoms in total. The zero-order chi connectivity index (χ0) is 20.4. The maximum absolute atomic E-state index is 14.0. The first-order valence-corrected chi connectivity index (χ1v) is 9.48. The summed E-state index contributed by atoms with van der Waals surface area (Å²) in [4.78, 5) is 12.4. The van der Waals surface area contributed by atoms with Gasteiger partial charge in [0.1, 0.15) is 10.8 Å². The van der Waals surface area contributed by atoms with Crippen LogP contribution >= 0.6 is 23.2 Å². The maximum Gasteiger partial charge on any atom is 0.324 e. The van der Waals surface area contributed by atoms with E-state index >= 15 is 0 Å². The minimum Gasteiger partial charge on any atom is -0.307 e. The molecule has 146 valence electrons. The van der Waals surface area contributed by atoms with Crippen molar-refractivity contribution in [2.75, 3.05) is 10.6 Å². The van der Waals surface area contributed by atoms with Crippen molar-refractivity contribution in [3.63, 3.8) is 0 Å². The van der Waals surface area contributed by atoms with Crippen LogP contribution in [0.25, 0.3) is 10.8 Å². The summed E-state index contributed by atoms with van der Waals surface area (Å²) >= 11 is 12.2. The number of anilines is 2. The average molecular weight is 429 g/mol. The first-order valence-electron chi connectivity index (χ1n) is 8.73. The van der Waals surface area contributed by atoms with E-state index in [0.29, 0.717) is 16.3 Å². The predicted octanol–water partition coefficient (Wildman–Crippen LogP) is 6.17. The van der Waals surface area contributed by atoms with Gasteiger partial charge in [-0.2, -0.15) is 5.10 Å². The van der Waals surface area contributed by atoms with Crippen molar-refractivity contribution in [3.8, 4) is 0 Å². The normalized spacial score (nSPS) is 10.9. The van der Waals surface area contributed by atoms with Crippen LogP contribution in [0.3, 0.4) is 0 Å². The summed E-state index contributed by atoms with van der Waals surface area (Å²) in [6, 6.07) is 17.3. The van der Waals surface area contributed by atoms with Crippen LogP contribution in [-0.2, 0) is 6.54 Å². The highest BCUT2D eigenvalue weighted by Gasteiger charge is 2.14. The van der Waals surface area contributed by atoms with Crippen molar-refractivity contribution in [3.05, 3.63) is 88.3 Å². The summed E-state index contributed by atoms with van der Waals surface area (Å²) in [5, 5.41) is 12.1. The van der Waals surface area contributed by atoms with Crippen molar-refractivity contribution >= 4 is 51.5 Å². The number of benzene rings is 3. The van der Waals surface area contributed by atoms with Gasteiger partial charge in [0.15, 0.2) is 5.82 Å². The molecule has 4 aromatic rings. The molecule has 2 amide bonds. The van der Waals surface area contributed by atoms with Crippen LogP contribution in [-0.4, -0.2) is 15.8 Å². The molecule has 0 radical (unpaired) electrons. The van der Waals surface area contributed by atoms with Gasteiger partial charge in [-0.3, -0.25) is 10.00 Å². The number of fused-ring (bicyclic) bond motifs is 1. The number of urea groups is 1. The van der Waals surface area contributed by atoms with Crippen LogP contribution in [0.15, 0.2) is 66.9 Å². The third-order valence-electron chi connectivity index (χ3n) is 4.37. The summed E-state index contributed by atoms with van der Waals surface area (Å²) in [6.45, 7) is 0.0812. The smallest absolute Gasteiger partial charge is 0.307 e. The summed E-state index contributed by atoms with van der Waals surface area (Å²) < 4.78 is 15.4. The molecular formula is C21H15Cl2FN4O. The van der Waals surface area contributed by atoms with Gasteiger partial charge in [0.05, 0.1) is 12.2 Å². The molecule has 0 fully saturated rings. The number of carbonyl (C=O) groups excluding carboxylic acids is 1. The molecule has 1 aromatic heterocycles. The molecule has 4 rings (SSSR count). The molecule has 0 aliphatic carbocycles. The Balaban J connectivity index is 1.50. The van der Waals surface area contributed by atoms with Gasteiger partial charge in [-0.15, -0.1) is 0 Å². The van der Waals surface area contributed by atoms with Crippen LogP contribution in [0.4, 0.5) is 20.7 Å². The minimum atomic E-state index is -0.488. The topological polar surface area (TPSA) is 59.0 Å². The van der Waals surface area contributed by atoms with Crippen molar-refractivity contribution in [1.29, 1.82) is 0 Å². The second-order valence-corrected chi connectivity index (χ2v) is 7.14. The van der Waals surface area contributed by atoms with E-state index in [1.165, 1.54) is 23.0 Å². The third-order valence-corrected chi connectivity index (χ3v) is 5.00. The van der Waals surface area contributed by atoms with Crippen LogP contribution in [0.2, 0.25) is 10.0 Å². The second kappa shape index (κ2) is 8.11. The van der Waals surface area contributed by atoms with Crippen LogP contribution < -0.4 is 10.6 Å². The largest absolute Gasteiger partial charge is 0.324 e. The summed E-state index contributed by atoms with van der Waals surface area (Å²) in [6.07, 6.45) is 1.50. The van der Waals surface area contributed by atoms with E-state index in [-0.39, 0.29) is 17.4 Å². The minimum absolute atomic E-state index is 0.0812. The maximum atomic E-state index is 14.0. The summed E-state index contributed by atoms with van der Waals surface area (Å²) in [5.74, 6) is -0.274. The quantitative estimate of drug-likeness (QED) is 0.407. The molecule has 0 bridgehead atoms. The van der Waals surface area contributed by atoms with E-state index in [2.05, 4.69) is 15.7 Å². The van der Waals surface area contributed by atoms with Crippen molar-refractivity contribution in [1.82, 2.24) is 9.78 Å². The Kier molecular flexibility index (Phi) is 5.38. The Morgan fingerprint density at radius 1 is 0.966 bits per heavy atom. The average Bonchev–Trinajstić information content (AvgIpc) is 3.04. The number of nitrogens with one attached hydrogen (secondary N) is 2. The molecule has 29 heavy (non-hydrogen) atoms. The van der Waals surface area contributed by atoms with Gasteiger partial charge in [-0.1, -0.05) is 65.7 Å². The lowest BCUT2D eigenvalue weighted by Crippen LogP contribution is -2.20. The molecule has 8 heteroatoms. The first kappa shape index (κ1) is 19.2. The van der Waals surface area contributed by atoms with E-state index < -0.39 is 11.8 Å². The number of amides is 2. The molecule has 3 aromatic carbocycles. The van der Waals surface area contributed by atoms with Crippen molar-refractivity contribution < 1.29 is 9.18 Å². The lowest BCUT2D eigenvalue weighted by Gasteiger charge is -2.09. The van der Waals surface area contributed by atoms with E-state index in [4.69, 9.17) is 23.2 Å². The highest BCUT2D eigenvalue weighted by atomic mass is 35.5. The zero-order valence-electron chi connectivity index (χ0n) is 15.0. The molecule has 0 spiro atoms. The Hall–Kier alpha value is -3.09. The number of hydrogen-bond acceptors (Lipinski definition) is 2. The molecule has 0 saturated heterocycles. The number of nitrogens with zero attached hydrogens (tertiary/aromatic N) is 2. The Labute approximate surface area is 176 Å². The van der Waals surface area contributed by atoms with E-state index in [0.717, 1.165) is 10.8 Å². The van der Waals surface area contributed by atoms with Gasteiger partial charge in [0.25, 0.3) is 0 Å². The van der Waals surface area contributed by atoms with Gasteiger partial charge < -0.3 is 5.32 Å². The fourth-order valence-electron chi connectivity index (χ4n) is 3.00. The van der Waals surface area contributed by atoms with Crippen molar-refractivity contribution in [2.24, 2.45) is 0 Å². The number of carbonyl (C=O) groups is 1. The predicted molar refractivity (Wildman–Crippen MR) is 114 cm³/mol. The number of aromatic nitrogens is 2. The Morgan fingerprint density at radius 3 is 2.55 bits per heavy atom. The van der Waals surface area contributed by atoms with Crippen molar-refractivity contribution in [2.45, 2.75) is 6.54 Å². The first-order chi connectivity index (χ1) is 14.0. The molecular weight excluding hydrogens is 414 g/mol. The number of rotatable bonds is 4. The summed E-state index contributed by atoms with van der Waals surface area (Å²) in [5.41, 5.74) is 0.953. The molecule has 1 heterocycles. The fraction of sp³-hybridized carbons (Fsp3) is 0.0476. The van der Waals surface area contributed by atoms with Gasteiger partial charge >= 0.3 is 6.03 Å². The SMILES string of the molecule is O=C(Nc1nn(Cc2c(F)cccc2Cl)cc1Cl)Nc1cccc2ccccc12. The fourth-order valence-corrected chi connectivity index (χ4v) is 3.42. The van der Waals surface area contributed by atoms with Gasteiger partial charge in [-0.05, 0) is 23.6 Å². The highest BCUT2D eigenvalue weighted by molar-refractivity contribution is 6.33. The van der Waals surface area contributed by atoms with Crippen LogP contribution in [0.5, 0.6) is 0 Å². The zero-order valence-corrected chi connectivity index (χ0v) is 16.5. The standard InChI is InChI=1S/C21H15Cl2FN4O/c22-16-8-4-9-18(24)15(16)11-28-12-17(23)20(27-28)26-21(29)25-19-10-3-6-13-5-1-2-7-14(13)19/h1-10,12H,11H2,(H2,25,26,27,29). The van der Waals surface area contributed by atoms with Crippen LogP contribution in [0.1, 0.15) is 5.56 Å². The number of halogens is 3. The van der Waals surface area contributed by atoms with Crippen LogP contribution in [0, 0.1) is 5.82 Å². The van der Waals surface area contributed by atoms with Gasteiger partial charge in [0, 0.05) is 22.2 Å². The molecule has 2 N–H and O–H groups in total. The second-order valence-electron chi connectivity index (χ2n) is 6.33. The van der Waals surface area contributed by atoms with Gasteiger partial charge in [-0.25, -0.2) is 9.18 Å². The highest BCUT2D eigenvalue weighted by Crippen LogP contribution is 2.25. The monoisotopic (exact) mass is 428 g/mol. The van der Waals surface area contributed by atoms with Gasteiger partial charge in [0.2, 0.25) is 0 Å². The molecule has 0 atom stereocenters. The van der Waals surface area contributed by atoms with E-state index in [1.54, 1.807) is 6.07 Å².